The van der Waals surface area contributed by atoms with Gasteiger partial charge in [0, 0.05) is 24.7 Å². The summed E-state index contributed by atoms with van der Waals surface area (Å²) >= 11 is 0. The minimum Gasteiger partial charge on any atom is -0.350 e. The molecule has 0 aromatic carbocycles. The van der Waals surface area contributed by atoms with Crippen LogP contribution in [0.25, 0.3) is 11.0 Å². The molecule has 2 heterocycles. The summed E-state index contributed by atoms with van der Waals surface area (Å²) in [4.78, 5) is 18.6. The topological polar surface area (TPSA) is 83.8 Å². The van der Waals surface area contributed by atoms with Crippen molar-refractivity contribution in [1.29, 1.82) is 0 Å². The van der Waals surface area contributed by atoms with Gasteiger partial charge in [-0.25, -0.2) is 4.98 Å². The summed E-state index contributed by atoms with van der Waals surface area (Å²) in [5, 5.41) is 3.61. The number of nitrogens with one attached hydrogen (secondary N) is 2. The molecule has 5 heteroatoms. The maximum Gasteiger partial charge on any atom is 0.267 e. The Balaban J connectivity index is 2.25. The first-order chi connectivity index (χ1) is 7.31. The van der Waals surface area contributed by atoms with Crippen molar-refractivity contribution in [2.75, 3.05) is 13.1 Å². The SMILES string of the molecule is NCCNC(=O)c1cc2cccnc2[nH]1. The highest BCUT2D eigenvalue weighted by Gasteiger charge is 2.08. The monoisotopic (exact) mass is 204 g/mol. The molecule has 0 atom stereocenters. The molecule has 0 aliphatic carbocycles. The zero-order chi connectivity index (χ0) is 10.7. The molecule has 0 saturated carbocycles. The van der Waals surface area contributed by atoms with Crippen molar-refractivity contribution in [1.82, 2.24) is 15.3 Å². The molecule has 5 nitrogen and oxygen atoms in total. The normalized spacial score (nSPS) is 10.5. The van der Waals surface area contributed by atoms with Gasteiger partial charge in [-0.1, -0.05) is 0 Å². The minimum atomic E-state index is -0.154. The number of carbonyl (C=O) groups is 1. The van der Waals surface area contributed by atoms with Gasteiger partial charge < -0.3 is 16.0 Å². The number of rotatable bonds is 3. The van der Waals surface area contributed by atoms with E-state index in [9.17, 15) is 4.79 Å². The lowest BCUT2D eigenvalue weighted by Crippen LogP contribution is -2.29. The number of aromatic nitrogens is 2. The van der Waals surface area contributed by atoms with Crippen molar-refractivity contribution < 1.29 is 4.79 Å². The van der Waals surface area contributed by atoms with E-state index in [0.717, 1.165) is 11.0 Å². The van der Waals surface area contributed by atoms with E-state index in [1.54, 1.807) is 12.3 Å². The molecule has 0 fully saturated rings. The Kier molecular flexibility index (Phi) is 2.64. The third-order valence-electron chi connectivity index (χ3n) is 2.07. The Bertz CT molecular complexity index is 444. The van der Waals surface area contributed by atoms with Crippen molar-refractivity contribution in [3.05, 3.63) is 30.1 Å². The highest BCUT2D eigenvalue weighted by Crippen LogP contribution is 2.11. The number of carbonyl (C=O) groups excluding carboxylic acids is 1. The Morgan fingerprint density at radius 1 is 1.60 bits per heavy atom. The van der Waals surface area contributed by atoms with Crippen molar-refractivity contribution in [2.24, 2.45) is 5.73 Å². The predicted octanol–water partition coefficient (Wildman–Crippen LogP) is 0.251. The van der Waals surface area contributed by atoms with Crippen molar-refractivity contribution in [3.63, 3.8) is 0 Å². The highest BCUT2D eigenvalue weighted by atomic mass is 16.1. The molecule has 1 amide bonds. The maximum absolute atomic E-state index is 11.5. The summed E-state index contributed by atoms with van der Waals surface area (Å²) in [5.74, 6) is -0.154. The first-order valence-corrected chi connectivity index (χ1v) is 4.73. The molecular weight excluding hydrogens is 192 g/mol. The second kappa shape index (κ2) is 4.10. The van der Waals surface area contributed by atoms with Gasteiger partial charge in [0.2, 0.25) is 0 Å². The van der Waals surface area contributed by atoms with Gasteiger partial charge in [0.1, 0.15) is 11.3 Å². The Morgan fingerprint density at radius 2 is 2.47 bits per heavy atom. The number of nitrogens with zero attached hydrogens (tertiary/aromatic N) is 1. The zero-order valence-corrected chi connectivity index (χ0v) is 8.16. The molecule has 15 heavy (non-hydrogen) atoms. The standard InChI is InChI=1S/C10H12N4O/c11-3-5-13-10(15)8-6-7-2-1-4-12-9(7)14-8/h1-2,4,6H,3,5,11H2,(H,12,14)(H,13,15). The molecule has 4 N–H and O–H groups in total. The summed E-state index contributed by atoms with van der Waals surface area (Å²) in [6, 6.07) is 5.50. The molecule has 0 aliphatic heterocycles. The number of H-pyrrole nitrogens is 1. The van der Waals surface area contributed by atoms with E-state index in [0.29, 0.717) is 18.8 Å². The van der Waals surface area contributed by atoms with Crippen LogP contribution >= 0.6 is 0 Å². The molecule has 2 aromatic heterocycles. The maximum atomic E-state index is 11.5. The van der Waals surface area contributed by atoms with Crippen molar-refractivity contribution in [2.45, 2.75) is 0 Å². The van der Waals surface area contributed by atoms with Gasteiger partial charge in [0.05, 0.1) is 0 Å². The molecule has 2 rings (SSSR count). The average molecular weight is 204 g/mol. The Morgan fingerprint density at radius 3 is 3.20 bits per heavy atom. The van der Waals surface area contributed by atoms with E-state index >= 15 is 0 Å². The van der Waals surface area contributed by atoms with E-state index in [1.165, 1.54) is 0 Å². The lowest BCUT2D eigenvalue weighted by Gasteiger charge is -1.99. The number of nitrogens with two attached hydrogens (primary N) is 1. The second-order valence-electron chi connectivity index (χ2n) is 3.17. The predicted molar refractivity (Wildman–Crippen MR) is 57.5 cm³/mol. The Labute approximate surface area is 86.7 Å². The summed E-state index contributed by atoms with van der Waals surface area (Å²) in [7, 11) is 0. The summed E-state index contributed by atoms with van der Waals surface area (Å²) in [6.45, 7) is 0.909. The van der Waals surface area contributed by atoms with E-state index in [-0.39, 0.29) is 5.91 Å². The number of pyridine rings is 1. The molecule has 0 aliphatic rings. The van der Waals surface area contributed by atoms with Crippen LogP contribution in [0.2, 0.25) is 0 Å². The molecule has 0 radical (unpaired) electrons. The largest absolute Gasteiger partial charge is 0.350 e. The second-order valence-corrected chi connectivity index (χ2v) is 3.17. The summed E-state index contributed by atoms with van der Waals surface area (Å²) < 4.78 is 0. The molecular formula is C10H12N4O. The van der Waals surface area contributed by atoms with E-state index < -0.39 is 0 Å². The molecule has 2 aromatic rings. The summed E-state index contributed by atoms with van der Waals surface area (Å²) in [5.41, 5.74) is 6.52. The van der Waals surface area contributed by atoms with Crippen LogP contribution in [0.4, 0.5) is 0 Å². The quantitative estimate of drug-likeness (QED) is 0.670. The Hall–Kier alpha value is -1.88. The molecule has 0 saturated heterocycles. The van der Waals surface area contributed by atoms with Gasteiger partial charge in [-0.05, 0) is 18.2 Å². The first kappa shape index (κ1) is 9.67. The average Bonchev–Trinajstić information content (AvgIpc) is 2.69. The minimum absolute atomic E-state index is 0.154. The van der Waals surface area contributed by atoms with Gasteiger partial charge in [-0.3, -0.25) is 4.79 Å². The third-order valence-corrected chi connectivity index (χ3v) is 2.07. The number of hydrogen-bond acceptors (Lipinski definition) is 3. The molecule has 0 spiro atoms. The molecule has 0 unspecified atom stereocenters. The van der Waals surface area contributed by atoms with Gasteiger partial charge in [-0.2, -0.15) is 0 Å². The van der Waals surface area contributed by atoms with Crippen LogP contribution in [-0.2, 0) is 0 Å². The number of aromatic amines is 1. The lowest BCUT2D eigenvalue weighted by molar-refractivity contribution is 0.0950. The van der Waals surface area contributed by atoms with Crippen LogP contribution in [0.1, 0.15) is 10.5 Å². The van der Waals surface area contributed by atoms with Crippen LogP contribution in [0.3, 0.4) is 0 Å². The fourth-order valence-electron chi connectivity index (χ4n) is 1.36. The fourth-order valence-corrected chi connectivity index (χ4v) is 1.36. The van der Waals surface area contributed by atoms with Gasteiger partial charge in [0.25, 0.3) is 5.91 Å². The highest BCUT2D eigenvalue weighted by molar-refractivity contribution is 5.97. The smallest absolute Gasteiger partial charge is 0.267 e. The third kappa shape index (κ3) is 1.97. The number of fused-ring (bicyclic) bond motifs is 1. The van der Waals surface area contributed by atoms with Gasteiger partial charge >= 0.3 is 0 Å². The number of hydrogen-bond donors (Lipinski definition) is 3. The van der Waals surface area contributed by atoms with E-state index in [2.05, 4.69) is 15.3 Å². The lowest BCUT2D eigenvalue weighted by atomic mass is 10.3. The van der Waals surface area contributed by atoms with Crippen molar-refractivity contribution in [3.8, 4) is 0 Å². The van der Waals surface area contributed by atoms with Crippen LogP contribution in [-0.4, -0.2) is 29.0 Å². The van der Waals surface area contributed by atoms with Crippen LogP contribution in [0, 0.1) is 0 Å². The number of amides is 1. The van der Waals surface area contributed by atoms with Crippen LogP contribution in [0.5, 0.6) is 0 Å². The summed E-state index contributed by atoms with van der Waals surface area (Å²) in [6.07, 6.45) is 1.68. The molecule has 78 valence electrons. The van der Waals surface area contributed by atoms with Crippen LogP contribution < -0.4 is 11.1 Å². The van der Waals surface area contributed by atoms with Crippen LogP contribution in [0.15, 0.2) is 24.4 Å². The molecule has 0 bridgehead atoms. The zero-order valence-electron chi connectivity index (χ0n) is 8.16. The fraction of sp³-hybridized carbons (Fsp3) is 0.200. The van der Waals surface area contributed by atoms with E-state index in [4.69, 9.17) is 5.73 Å². The van der Waals surface area contributed by atoms with Gasteiger partial charge in [0.15, 0.2) is 0 Å². The first-order valence-electron chi connectivity index (χ1n) is 4.73. The van der Waals surface area contributed by atoms with Crippen molar-refractivity contribution >= 4 is 16.9 Å². The van der Waals surface area contributed by atoms with E-state index in [1.807, 2.05) is 12.1 Å². The van der Waals surface area contributed by atoms with Gasteiger partial charge in [-0.15, -0.1) is 0 Å².